The topological polar surface area (TPSA) is 15.3 Å². The lowest BCUT2D eigenvalue weighted by molar-refractivity contribution is 0.188. The van der Waals surface area contributed by atoms with E-state index in [4.69, 9.17) is 0 Å². The molecule has 0 atom stereocenters. The molecule has 1 heterocycles. The summed E-state index contributed by atoms with van der Waals surface area (Å²) in [6.07, 6.45) is 8.58. The highest BCUT2D eigenvalue weighted by Crippen LogP contribution is 2.24. The minimum absolute atomic E-state index is 0.907. The van der Waals surface area contributed by atoms with Crippen molar-refractivity contribution in [3.8, 4) is 0 Å². The minimum Gasteiger partial charge on any atom is -0.317 e. The van der Waals surface area contributed by atoms with E-state index >= 15 is 0 Å². The van der Waals surface area contributed by atoms with E-state index in [1.807, 2.05) is 0 Å². The molecule has 2 fully saturated rings. The fourth-order valence-electron chi connectivity index (χ4n) is 2.97. The summed E-state index contributed by atoms with van der Waals surface area (Å²) in [6.45, 7) is 3.82. The van der Waals surface area contributed by atoms with E-state index in [2.05, 4.69) is 17.3 Å². The third kappa shape index (κ3) is 2.71. The second kappa shape index (κ2) is 5.13. The quantitative estimate of drug-likeness (QED) is 0.741. The van der Waals surface area contributed by atoms with Gasteiger partial charge in [0.15, 0.2) is 0 Å². The van der Waals surface area contributed by atoms with Gasteiger partial charge in [0.25, 0.3) is 0 Å². The van der Waals surface area contributed by atoms with Gasteiger partial charge in [-0.2, -0.15) is 0 Å². The van der Waals surface area contributed by atoms with E-state index in [1.165, 1.54) is 58.2 Å². The second-order valence-electron chi connectivity index (χ2n) is 5.07. The van der Waals surface area contributed by atoms with Crippen molar-refractivity contribution in [2.45, 2.75) is 44.6 Å². The molecule has 0 amide bonds. The number of hydrogen-bond acceptors (Lipinski definition) is 2. The van der Waals surface area contributed by atoms with Gasteiger partial charge in [0.05, 0.1) is 0 Å². The zero-order valence-corrected chi connectivity index (χ0v) is 9.47. The van der Waals surface area contributed by atoms with E-state index in [-0.39, 0.29) is 0 Å². The number of nitrogens with zero attached hydrogens (tertiary/aromatic N) is 1. The van der Waals surface area contributed by atoms with Gasteiger partial charge >= 0.3 is 0 Å². The Kier molecular flexibility index (Phi) is 3.82. The van der Waals surface area contributed by atoms with Crippen LogP contribution in [0.15, 0.2) is 0 Å². The maximum absolute atomic E-state index is 3.44. The average molecular weight is 196 g/mol. The van der Waals surface area contributed by atoms with Crippen LogP contribution in [0.2, 0.25) is 0 Å². The Morgan fingerprint density at radius 2 is 1.71 bits per heavy atom. The first kappa shape index (κ1) is 10.4. The Morgan fingerprint density at radius 1 is 1.07 bits per heavy atom. The fourth-order valence-corrected chi connectivity index (χ4v) is 2.97. The predicted molar refractivity (Wildman–Crippen MR) is 60.5 cm³/mol. The molecule has 2 aliphatic rings. The van der Waals surface area contributed by atoms with Crippen molar-refractivity contribution in [1.82, 2.24) is 10.2 Å². The van der Waals surface area contributed by atoms with Gasteiger partial charge < -0.3 is 10.2 Å². The number of rotatable bonds is 3. The van der Waals surface area contributed by atoms with Crippen LogP contribution in [0.5, 0.6) is 0 Å². The van der Waals surface area contributed by atoms with E-state index in [0.717, 1.165) is 12.0 Å². The van der Waals surface area contributed by atoms with Crippen molar-refractivity contribution >= 4 is 0 Å². The maximum atomic E-state index is 3.44. The molecule has 1 aliphatic heterocycles. The van der Waals surface area contributed by atoms with Crippen molar-refractivity contribution in [1.29, 1.82) is 0 Å². The summed E-state index contributed by atoms with van der Waals surface area (Å²) in [5.74, 6) is 0.960. The van der Waals surface area contributed by atoms with Crippen LogP contribution in [-0.2, 0) is 0 Å². The van der Waals surface area contributed by atoms with Crippen molar-refractivity contribution in [3.05, 3.63) is 0 Å². The second-order valence-corrected chi connectivity index (χ2v) is 5.07. The molecule has 0 spiro atoms. The minimum atomic E-state index is 0.907. The molecule has 1 saturated carbocycles. The molecule has 1 saturated heterocycles. The highest BCUT2D eigenvalue weighted by atomic mass is 15.1. The van der Waals surface area contributed by atoms with Crippen LogP contribution >= 0.6 is 0 Å². The third-order valence-corrected chi connectivity index (χ3v) is 3.95. The molecule has 0 aromatic carbocycles. The summed E-state index contributed by atoms with van der Waals surface area (Å²) in [7, 11) is 2.33. The Balaban J connectivity index is 1.72. The van der Waals surface area contributed by atoms with E-state index < -0.39 is 0 Å². The van der Waals surface area contributed by atoms with Crippen molar-refractivity contribution in [2.24, 2.45) is 5.92 Å². The molecule has 0 radical (unpaired) electrons. The molecule has 0 aromatic heterocycles. The zero-order chi connectivity index (χ0) is 9.80. The van der Waals surface area contributed by atoms with Gasteiger partial charge in [0, 0.05) is 12.6 Å². The van der Waals surface area contributed by atoms with Gasteiger partial charge in [-0.05, 0) is 51.7 Å². The molecule has 14 heavy (non-hydrogen) atoms. The van der Waals surface area contributed by atoms with Gasteiger partial charge in [-0.25, -0.2) is 0 Å². The van der Waals surface area contributed by atoms with Crippen LogP contribution < -0.4 is 5.32 Å². The Hall–Kier alpha value is -0.0800. The summed E-state index contributed by atoms with van der Waals surface area (Å²) in [6, 6.07) is 0.907. The largest absolute Gasteiger partial charge is 0.317 e. The predicted octanol–water partition coefficient (Wildman–Crippen LogP) is 1.86. The van der Waals surface area contributed by atoms with Crippen LogP contribution in [0.1, 0.15) is 38.5 Å². The molecule has 2 heteroatoms. The molecule has 82 valence electrons. The van der Waals surface area contributed by atoms with Gasteiger partial charge in [-0.1, -0.05) is 12.8 Å². The van der Waals surface area contributed by atoms with Crippen molar-refractivity contribution in [3.63, 3.8) is 0 Å². The summed E-state index contributed by atoms with van der Waals surface area (Å²) in [4.78, 5) is 2.63. The maximum Gasteiger partial charge on any atom is 0.00923 e. The summed E-state index contributed by atoms with van der Waals surface area (Å²) < 4.78 is 0. The van der Waals surface area contributed by atoms with Crippen LogP contribution in [0.3, 0.4) is 0 Å². The zero-order valence-electron chi connectivity index (χ0n) is 9.47. The molecule has 1 aliphatic carbocycles. The summed E-state index contributed by atoms with van der Waals surface area (Å²) >= 11 is 0. The lowest BCUT2D eigenvalue weighted by Gasteiger charge is -2.31. The highest BCUT2D eigenvalue weighted by Gasteiger charge is 2.22. The molecule has 0 unspecified atom stereocenters. The number of nitrogens with one attached hydrogen (secondary N) is 1. The van der Waals surface area contributed by atoms with Gasteiger partial charge in [0.1, 0.15) is 0 Å². The van der Waals surface area contributed by atoms with Crippen molar-refractivity contribution < 1.29 is 0 Å². The van der Waals surface area contributed by atoms with Crippen LogP contribution in [0.25, 0.3) is 0 Å². The highest BCUT2D eigenvalue weighted by molar-refractivity contribution is 4.78. The summed E-state index contributed by atoms with van der Waals surface area (Å²) in [5.41, 5.74) is 0. The Labute approximate surface area is 88.1 Å². The first-order chi connectivity index (χ1) is 6.86. The molecule has 2 rings (SSSR count). The smallest absolute Gasteiger partial charge is 0.00923 e. The normalized spacial score (nSPS) is 26.1. The lowest BCUT2D eigenvalue weighted by Crippen LogP contribution is -2.38. The Bertz CT molecular complexity index is 158. The number of hydrogen-bond donors (Lipinski definition) is 1. The monoisotopic (exact) mass is 196 g/mol. The van der Waals surface area contributed by atoms with E-state index in [1.54, 1.807) is 0 Å². The lowest BCUT2D eigenvalue weighted by atomic mass is 9.97. The van der Waals surface area contributed by atoms with Crippen LogP contribution in [0.4, 0.5) is 0 Å². The molecular weight excluding hydrogens is 172 g/mol. The van der Waals surface area contributed by atoms with Crippen molar-refractivity contribution in [2.75, 3.05) is 26.7 Å². The van der Waals surface area contributed by atoms with Crippen LogP contribution in [0, 0.1) is 5.92 Å². The molecular formula is C12H24N2. The Morgan fingerprint density at radius 3 is 2.36 bits per heavy atom. The van der Waals surface area contributed by atoms with Gasteiger partial charge in [-0.3, -0.25) is 0 Å². The standard InChI is InChI=1S/C12H24N2/c1-14(12-4-2-3-5-12)10-11-6-8-13-9-7-11/h11-13H,2-10H2,1H3. The van der Waals surface area contributed by atoms with Crippen LogP contribution in [-0.4, -0.2) is 37.6 Å². The number of piperidine rings is 1. The molecule has 1 N–H and O–H groups in total. The van der Waals surface area contributed by atoms with Gasteiger partial charge in [0.2, 0.25) is 0 Å². The SMILES string of the molecule is CN(CC1CCNCC1)C1CCCC1. The molecule has 0 bridgehead atoms. The first-order valence-electron chi connectivity index (χ1n) is 6.27. The van der Waals surface area contributed by atoms with Gasteiger partial charge in [-0.15, -0.1) is 0 Å². The van der Waals surface area contributed by atoms with E-state index in [9.17, 15) is 0 Å². The molecule has 2 nitrogen and oxygen atoms in total. The summed E-state index contributed by atoms with van der Waals surface area (Å²) in [5, 5.41) is 3.44. The fraction of sp³-hybridized carbons (Fsp3) is 1.00. The van der Waals surface area contributed by atoms with E-state index in [0.29, 0.717) is 0 Å². The molecule has 0 aromatic rings. The average Bonchev–Trinajstić information content (AvgIpc) is 2.72. The first-order valence-corrected chi connectivity index (χ1v) is 6.27. The third-order valence-electron chi connectivity index (χ3n) is 3.95.